The van der Waals surface area contributed by atoms with Crippen molar-refractivity contribution in [1.82, 2.24) is 5.32 Å². The summed E-state index contributed by atoms with van der Waals surface area (Å²) in [4.78, 5) is 11.7. The molecule has 0 aliphatic heterocycles. The van der Waals surface area contributed by atoms with Crippen LogP contribution in [0.2, 0.25) is 0 Å². The van der Waals surface area contributed by atoms with Crippen LogP contribution in [0.5, 0.6) is 0 Å². The molecule has 0 spiro atoms. The quantitative estimate of drug-likeness (QED) is 0.823. The smallest absolute Gasteiger partial charge is 0.251 e. The zero-order valence-electron chi connectivity index (χ0n) is 10.1. The Morgan fingerprint density at radius 2 is 2.11 bits per heavy atom. The van der Waals surface area contributed by atoms with Crippen molar-refractivity contribution < 1.29 is 9.90 Å². The van der Waals surface area contributed by atoms with E-state index in [2.05, 4.69) is 5.32 Å². The lowest BCUT2D eigenvalue weighted by molar-refractivity contribution is 0.0937. The number of aliphatic hydroxyl groups is 1. The molecule has 0 aromatic heterocycles. The van der Waals surface area contributed by atoms with Gasteiger partial charge >= 0.3 is 0 Å². The van der Waals surface area contributed by atoms with E-state index in [0.29, 0.717) is 30.0 Å². The Hall–Kier alpha value is -1.86. The van der Waals surface area contributed by atoms with Crippen molar-refractivity contribution in [3.63, 3.8) is 0 Å². The van der Waals surface area contributed by atoms with Gasteiger partial charge in [0.15, 0.2) is 0 Å². The minimum atomic E-state index is -0.286. The highest BCUT2D eigenvalue weighted by Crippen LogP contribution is 2.33. The van der Waals surface area contributed by atoms with Gasteiger partial charge in [0, 0.05) is 12.1 Å². The number of rotatable bonds is 5. The molecule has 1 aliphatic rings. The maximum absolute atomic E-state index is 11.7. The van der Waals surface area contributed by atoms with Gasteiger partial charge in [-0.3, -0.25) is 4.79 Å². The van der Waals surface area contributed by atoms with Gasteiger partial charge < -0.3 is 10.4 Å². The van der Waals surface area contributed by atoms with Crippen LogP contribution in [0.3, 0.4) is 0 Å². The van der Waals surface area contributed by atoms with Crippen LogP contribution in [0.4, 0.5) is 0 Å². The largest absolute Gasteiger partial charge is 0.393 e. The minimum absolute atomic E-state index is 0.164. The molecular formula is C14H16N2O2. The number of aliphatic hydroxyl groups excluding tert-OH is 1. The molecule has 94 valence electrons. The van der Waals surface area contributed by atoms with Crippen molar-refractivity contribution in [3.05, 3.63) is 35.4 Å². The second-order valence-corrected chi connectivity index (χ2v) is 4.64. The average molecular weight is 244 g/mol. The molecule has 1 fully saturated rings. The number of carbonyl (C=O) groups excluding carboxylic acids is 1. The second kappa shape index (κ2) is 5.65. The lowest BCUT2D eigenvalue weighted by atomic mass is 10.1. The molecule has 0 heterocycles. The van der Waals surface area contributed by atoms with Gasteiger partial charge in [0.05, 0.1) is 17.7 Å². The maximum Gasteiger partial charge on any atom is 0.251 e. The van der Waals surface area contributed by atoms with Crippen molar-refractivity contribution in [1.29, 1.82) is 5.26 Å². The Morgan fingerprint density at radius 1 is 1.44 bits per heavy atom. The summed E-state index contributed by atoms with van der Waals surface area (Å²) in [6.07, 6.45) is 2.52. The molecule has 18 heavy (non-hydrogen) atoms. The third-order valence-corrected chi connectivity index (χ3v) is 3.17. The van der Waals surface area contributed by atoms with E-state index in [9.17, 15) is 9.90 Å². The van der Waals surface area contributed by atoms with Crippen LogP contribution < -0.4 is 5.32 Å². The summed E-state index contributed by atoms with van der Waals surface area (Å²) >= 11 is 0. The Kier molecular flexibility index (Phi) is 3.96. The van der Waals surface area contributed by atoms with Gasteiger partial charge in [-0.1, -0.05) is 0 Å². The normalized spacial score (nSPS) is 15.8. The van der Waals surface area contributed by atoms with E-state index in [0.717, 1.165) is 12.8 Å². The molecule has 2 rings (SSSR count). The van der Waals surface area contributed by atoms with E-state index in [1.165, 1.54) is 0 Å². The topological polar surface area (TPSA) is 73.1 Å². The van der Waals surface area contributed by atoms with E-state index >= 15 is 0 Å². The van der Waals surface area contributed by atoms with Crippen LogP contribution >= 0.6 is 0 Å². The van der Waals surface area contributed by atoms with E-state index < -0.39 is 0 Å². The van der Waals surface area contributed by atoms with Crippen molar-refractivity contribution in [2.24, 2.45) is 5.92 Å². The summed E-state index contributed by atoms with van der Waals surface area (Å²) in [6.45, 7) is 0.483. The molecule has 1 aliphatic carbocycles. The first-order chi connectivity index (χ1) is 8.70. The van der Waals surface area contributed by atoms with Crippen LogP contribution in [0, 0.1) is 17.2 Å². The average Bonchev–Trinajstić information content (AvgIpc) is 3.23. The number of carbonyl (C=O) groups is 1. The fourth-order valence-electron chi connectivity index (χ4n) is 1.85. The summed E-state index contributed by atoms with van der Waals surface area (Å²) in [5.41, 5.74) is 1.07. The Balaban J connectivity index is 1.78. The molecule has 0 radical (unpaired) electrons. The Bertz CT molecular complexity index is 458. The highest BCUT2D eigenvalue weighted by molar-refractivity contribution is 5.94. The van der Waals surface area contributed by atoms with Gasteiger partial charge in [0.25, 0.3) is 5.91 Å². The molecule has 4 heteroatoms. The molecule has 0 unspecified atom stereocenters. The maximum atomic E-state index is 11.7. The number of hydrogen-bond acceptors (Lipinski definition) is 3. The molecule has 0 saturated heterocycles. The summed E-state index contributed by atoms with van der Waals surface area (Å²) in [6, 6.07) is 8.50. The summed E-state index contributed by atoms with van der Waals surface area (Å²) < 4.78 is 0. The number of nitrogens with zero attached hydrogens (tertiary/aromatic N) is 1. The van der Waals surface area contributed by atoms with Gasteiger partial charge in [-0.2, -0.15) is 5.26 Å². The van der Waals surface area contributed by atoms with E-state index in [-0.39, 0.29) is 12.0 Å². The lowest BCUT2D eigenvalue weighted by Crippen LogP contribution is -2.27. The van der Waals surface area contributed by atoms with Crippen LogP contribution in [0.25, 0.3) is 0 Å². The van der Waals surface area contributed by atoms with Gasteiger partial charge in [-0.25, -0.2) is 0 Å². The van der Waals surface area contributed by atoms with Crippen LogP contribution in [0.1, 0.15) is 35.2 Å². The molecule has 1 aromatic rings. The number of nitriles is 1. The predicted octanol–water partition coefficient (Wildman–Crippen LogP) is 1.45. The highest BCUT2D eigenvalue weighted by Gasteiger charge is 2.29. The molecule has 1 saturated carbocycles. The third-order valence-electron chi connectivity index (χ3n) is 3.17. The van der Waals surface area contributed by atoms with Gasteiger partial charge in [0.1, 0.15) is 0 Å². The standard InChI is InChI=1S/C14H16N2O2/c15-9-10-1-3-12(4-2-10)14(18)16-8-7-13(17)11-5-6-11/h1-4,11,13,17H,5-8H2,(H,16,18)/t13-/m1/s1. The lowest BCUT2D eigenvalue weighted by Gasteiger charge is -2.09. The highest BCUT2D eigenvalue weighted by atomic mass is 16.3. The second-order valence-electron chi connectivity index (χ2n) is 4.64. The zero-order valence-corrected chi connectivity index (χ0v) is 10.1. The van der Waals surface area contributed by atoms with Crippen molar-refractivity contribution >= 4 is 5.91 Å². The molecule has 1 atom stereocenters. The number of amides is 1. The van der Waals surface area contributed by atoms with E-state index in [1.54, 1.807) is 24.3 Å². The van der Waals surface area contributed by atoms with Crippen molar-refractivity contribution in [2.75, 3.05) is 6.54 Å². The number of nitrogens with one attached hydrogen (secondary N) is 1. The number of hydrogen-bond donors (Lipinski definition) is 2. The SMILES string of the molecule is N#Cc1ccc(C(=O)NCC[C@@H](O)C2CC2)cc1. The molecule has 1 aromatic carbocycles. The molecular weight excluding hydrogens is 228 g/mol. The summed E-state index contributed by atoms with van der Waals surface area (Å²) in [5, 5.41) is 21.1. The first-order valence-corrected chi connectivity index (χ1v) is 6.17. The van der Waals surface area contributed by atoms with Crippen LogP contribution in [-0.2, 0) is 0 Å². The Labute approximate surface area is 106 Å². The molecule has 0 bridgehead atoms. The van der Waals surface area contributed by atoms with Gasteiger partial charge in [-0.05, 0) is 49.4 Å². The van der Waals surface area contributed by atoms with Crippen LogP contribution in [0.15, 0.2) is 24.3 Å². The fourth-order valence-corrected chi connectivity index (χ4v) is 1.85. The fraction of sp³-hybridized carbons (Fsp3) is 0.429. The Morgan fingerprint density at radius 3 is 2.67 bits per heavy atom. The van der Waals surface area contributed by atoms with Crippen molar-refractivity contribution in [3.8, 4) is 6.07 Å². The molecule has 1 amide bonds. The zero-order chi connectivity index (χ0) is 13.0. The van der Waals surface area contributed by atoms with Gasteiger partial charge in [0.2, 0.25) is 0 Å². The van der Waals surface area contributed by atoms with Crippen molar-refractivity contribution in [2.45, 2.75) is 25.4 Å². The minimum Gasteiger partial charge on any atom is -0.393 e. The van der Waals surface area contributed by atoms with Crippen LogP contribution in [-0.4, -0.2) is 23.7 Å². The molecule has 2 N–H and O–H groups in total. The summed E-state index contributed by atoms with van der Waals surface area (Å²) in [7, 11) is 0. The van der Waals surface area contributed by atoms with Gasteiger partial charge in [-0.15, -0.1) is 0 Å². The molecule has 4 nitrogen and oxygen atoms in total. The summed E-state index contributed by atoms with van der Waals surface area (Å²) in [5.74, 6) is 0.277. The van der Waals surface area contributed by atoms with E-state index in [4.69, 9.17) is 5.26 Å². The first kappa shape index (κ1) is 12.6. The number of benzene rings is 1. The third kappa shape index (κ3) is 3.31. The van der Waals surface area contributed by atoms with E-state index in [1.807, 2.05) is 6.07 Å². The first-order valence-electron chi connectivity index (χ1n) is 6.17. The predicted molar refractivity (Wildman–Crippen MR) is 66.8 cm³/mol. The monoisotopic (exact) mass is 244 g/mol.